The first-order chi connectivity index (χ1) is 10.6. The topological polar surface area (TPSA) is 0 Å². The quantitative estimate of drug-likeness (QED) is 0.478. The highest BCUT2D eigenvalue weighted by Gasteiger charge is 2.53. The minimum absolute atomic E-state index is 0.696. The zero-order valence-electron chi connectivity index (χ0n) is 16.0. The minimum atomic E-state index is 0.696. The zero-order valence-corrected chi connectivity index (χ0v) is 16.0. The molecule has 128 valence electrons. The van der Waals surface area contributed by atoms with Gasteiger partial charge >= 0.3 is 0 Å². The van der Waals surface area contributed by atoms with Gasteiger partial charge in [0.05, 0.1) is 0 Å². The van der Waals surface area contributed by atoms with Gasteiger partial charge in [-0.1, -0.05) is 53.9 Å². The van der Waals surface area contributed by atoms with E-state index in [9.17, 15) is 0 Å². The second kappa shape index (κ2) is 8.42. The van der Waals surface area contributed by atoms with Crippen LogP contribution in [0.4, 0.5) is 0 Å². The summed E-state index contributed by atoms with van der Waals surface area (Å²) in [5.41, 5.74) is 1.44. The molecule has 5 unspecified atom stereocenters. The van der Waals surface area contributed by atoms with Crippen LogP contribution in [0.3, 0.4) is 0 Å². The fourth-order valence-electron chi connectivity index (χ4n) is 6.36. The van der Waals surface area contributed by atoms with Crippen LogP contribution >= 0.6 is 0 Å². The summed E-state index contributed by atoms with van der Waals surface area (Å²) in [5, 5.41) is 0. The van der Waals surface area contributed by atoms with Gasteiger partial charge in [0.1, 0.15) is 0 Å². The maximum Gasteiger partial charge on any atom is -0.0295 e. The van der Waals surface area contributed by atoms with Gasteiger partial charge in [0.15, 0.2) is 0 Å². The van der Waals surface area contributed by atoms with Crippen LogP contribution in [0, 0.1) is 41.4 Å². The number of hydrogen-bond acceptors (Lipinski definition) is 0. The van der Waals surface area contributed by atoms with E-state index in [1.54, 1.807) is 19.3 Å². The maximum atomic E-state index is 4.00. The summed E-state index contributed by atoms with van der Waals surface area (Å²) < 4.78 is 0. The monoisotopic (exact) mass is 304 g/mol. The molecule has 0 heterocycles. The molecule has 3 fully saturated rings. The van der Waals surface area contributed by atoms with E-state index >= 15 is 0 Å². The predicted molar refractivity (Wildman–Crippen MR) is 99.8 cm³/mol. The molecular weight excluding hydrogens is 264 g/mol. The number of rotatable bonds is 2. The third-order valence-electron chi connectivity index (χ3n) is 7.22. The van der Waals surface area contributed by atoms with Gasteiger partial charge in [-0.2, -0.15) is 0 Å². The summed E-state index contributed by atoms with van der Waals surface area (Å²) in [6.45, 7) is 11.6. The Balaban J connectivity index is 0.000000561. The van der Waals surface area contributed by atoms with Crippen LogP contribution in [0.2, 0.25) is 0 Å². The molecule has 0 saturated heterocycles. The summed E-state index contributed by atoms with van der Waals surface area (Å²) >= 11 is 0. The van der Waals surface area contributed by atoms with Crippen molar-refractivity contribution in [1.82, 2.24) is 0 Å². The molecule has 0 aromatic carbocycles. The molecule has 3 rings (SSSR count). The Morgan fingerprint density at radius 2 is 1.50 bits per heavy atom. The van der Waals surface area contributed by atoms with Crippen molar-refractivity contribution in [2.75, 3.05) is 0 Å². The molecule has 0 spiro atoms. The van der Waals surface area contributed by atoms with Gasteiger partial charge in [-0.15, -0.1) is 12.8 Å². The molecule has 0 aromatic heterocycles. The fourth-order valence-corrected chi connectivity index (χ4v) is 6.36. The molecule has 0 aliphatic heterocycles. The molecule has 0 radical (unpaired) electrons. The maximum absolute atomic E-state index is 4.00. The van der Waals surface area contributed by atoms with Crippen LogP contribution in [-0.4, -0.2) is 0 Å². The van der Waals surface area contributed by atoms with Crippen LogP contribution in [0.25, 0.3) is 0 Å². The highest BCUT2D eigenvalue weighted by Crippen LogP contribution is 2.63. The van der Waals surface area contributed by atoms with Crippen LogP contribution in [-0.2, 0) is 0 Å². The standard InChI is InChI=1S/C18H32.C2H6.C2H2/c1-4-10-17(2)11-5-7-14-15-8-6-12-18(15,3)13-9-16(14)17;2*1-2/h14-16H,4-13H2,1-3H3;1-2H3;1-2H. The van der Waals surface area contributed by atoms with Gasteiger partial charge in [0.25, 0.3) is 0 Å². The molecule has 3 aliphatic carbocycles. The van der Waals surface area contributed by atoms with Crippen molar-refractivity contribution in [3.05, 3.63) is 0 Å². The second-order valence-electron chi connectivity index (χ2n) is 8.26. The van der Waals surface area contributed by atoms with E-state index in [1.807, 2.05) is 13.8 Å². The smallest absolute Gasteiger partial charge is 0.0295 e. The molecule has 0 heteroatoms. The molecular formula is C22H40. The van der Waals surface area contributed by atoms with Crippen molar-refractivity contribution in [3.63, 3.8) is 0 Å². The predicted octanol–water partition coefficient (Wildman–Crippen LogP) is 7.08. The van der Waals surface area contributed by atoms with Gasteiger partial charge in [-0.05, 0) is 73.5 Å². The van der Waals surface area contributed by atoms with Crippen molar-refractivity contribution < 1.29 is 0 Å². The molecule has 22 heavy (non-hydrogen) atoms. The lowest BCUT2D eigenvalue weighted by molar-refractivity contribution is -0.0590. The number of fused-ring (bicyclic) bond motifs is 3. The zero-order chi connectivity index (χ0) is 16.8. The van der Waals surface area contributed by atoms with Crippen molar-refractivity contribution in [1.29, 1.82) is 0 Å². The first kappa shape index (κ1) is 19.6. The van der Waals surface area contributed by atoms with Crippen molar-refractivity contribution in [2.45, 2.75) is 98.8 Å². The van der Waals surface area contributed by atoms with E-state index in [0.29, 0.717) is 5.41 Å². The van der Waals surface area contributed by atoms with Crippen molar-refractivity contribution >= 4 is 0 Å². The Morgan fingerprint density at radius 3 is 2.14 bits per heavy atom. The summed E-state index contributed by atoms with van der Waals surface area (Å²) in [4.78, 5) is 0. The summed E-state index contributed by atoms with van der Waals surface area (Å²) in [7, 11) is 0. The number of terminal acetylenes is 1. The normalized spacial score (nSPS) is 42.8. The van der Waals surface area contributed by atoms with Crippen LogP contribution in [0.15, 0.2) is 0 Å². The van der Waals surface area contributed by atoms with Crippen LogP contribution in [0.1, 0.15) is 98.8 Å². The third kappa shape index (κ3) is 3.55. The van der Waals surface area contributed by atoms with Gasteiger partial charge in [-0.25, -0.2) is 0 Å². The van der Waals surface area contributed by atoms with E-state index in [2.05, 4.69) is 33.6 Å². The first-order valence-electron chi connectivity index (χ1n) is 9.92. The van der Waals surface area contributed by atoms with Gasteiger partial charge in [-0.3, -0.25) is 0 Å². The molecule has 0 bridgehead atoms. The fraction of sp³-hybridized carbons (Fsp3) is 0.909. The van der Waals surface area contributed by atoms with E-state index in [1.165, 1.54) is 44.9 Å². The Morgan fingerprint density at radius 1 is 0.864 bits per heavy atom. The van der Waals surface area contributed by atoms with Crippen molar-refractivity contribution in [2.24, 2.45) is 28.6 Å². The van der Waals surface area contributed by atoms with E-state index in [-0.39, 0.29) is 0 Å². The Kier molecular flexibility index (Phi) is 7.51. The highest BCUT2D eigenvalue weighted by molar-refractivity contribution is 5.03. The molecule has 0 aromatic rings. The lowest BCUT2D eigenvalue weighted by Gasteiger charge is -2.55. The summed E-state index contributed by atoms with van der Waals surface area (Å²) in [6, 6.07) is 0. The second-order valence-corrected chi connectivity index (χ2v) is 8.26. The first-order valence-corrected chi connectivity index (χ1v) is 9.92. The highest BCUT2D eigenvalue weighted by atomic mass is 14.6. The molecule has 0 nitrogen and oxygen atoms in total. The average Bonchev–Trinajstić information content (AvgIpc) is 2.94. The van der Waals surface area contributed by atoms with E-state index < -0.39 is 0 Å². The average molecular weight is 305 g/mol. The SMILES string of the molecule is C#C.CC.CCCC1(C)CCCC2C1CCC1(C)CCCC21. The van der Waals surface area contributed by atoms with Gasteiger partial charge in [0.2, 0.25) is 0 Å². The Hall–Kier alpha value is -0.440. The van der Waals surface area contributed by atoms with Crippen LogP contribution < -0.4 is 0 Å². The molecule has 3 aliphatic rings. The largest absolute Gasteiger partial charge is 0.124 e. The van der Waals surface area contributed by atoms with E-state index in [4.69, 9.17) is 0 Å². The van der Waals surface area contributed by atoms with E-state index in [0.717, 1.165) is 23.2 Å². The van der Waals surface area contributed by atoms with Gasteiger partial charge < -0.3 is 0 Å². The summed E-state index contributed by atoms with van der Waals surface area (Å²) in [6.07, 6.45) is 23.2. The Bertz CT molecular complexity index is 337. The van der Waals surface area contributed by atoms with Crippen LogP contribution in [0.5, 0.6) is 0 Å². The molecule has 3 saturated carbocycles. The minimum Gasteiger partial charge on any atom is -0.124 e. The van der Waals surface area contributed by atoms with Gasteiger partial charge in [0, 0.05) is 0 Å². The lowest BCUT2D eigenvalue weighted by atomic mass is 9.49. The Labute approximate surface area is 140 Å². The molecule has 0 N–H and O–H groups in total. The molecule has 5 atom stereocenters. The van der Waals surface area contributed by atoms with Crippen molar-refractivity contribution in [3.8, 4) is 12.8 Å². The third-order valence-corrected chi connectivity index (χ3v) is 7.22. The lowest BCUT2D eigenvalue weighted by Crippen LogP contribution is -2.47. The molecule has 0 amide bonds. The summed E-state index contributed by atoms with van der Waals surface area (Å²) in [5.74, 6) is 3.26. The number of hydrogen-bond donors (Lipinski definition) is 0.